The Labute approximate surface area is 97.4 Å². The molecule has 1 aliphatic rings. The first-order valence-electron chi connectivity index (χ1n) is 4.99. The van der Waals surface area contributed by atoms with Crippen LogP contribution in [-0.4, -0.2) is 12.1 Å². The molecule has 4 heteroatoms. The summed E-state index contributed by atoms with van der Waals surface area (Å²) in [7, 11) is 0. The fourth-order valence-electron chi connectivity index (χ4n) is 1.73. The third kappa shape index (κ3) is 2.25. The summed E-state index contributed by atoms with van der Waals surface area (Å²) in [6.45, 7) is 5.12. The molecule has 0 aromatic heterocycles. The predicted octanol–water partition coefficient (Wildman–Crippen LogP) is 3.59. The summed E-state index contributed by atoms with van der Waals surface area (Å²) in [4.78, 5) is 0. The predicted molar refractivity (Wildman–Crippen MR) is 64.9 cm³/mol. The molecule has 0 atom stereocenters. The van der Waals surface area contributed by atoms with Gasteiger partial charge in [0.05, 0.1) is 15.8 Å². The number of anilines is 2. The van der Waals surface area contributed by atoms with Gasteiger partial charge in [-0.15, -0.1) is 0 Å². The van der Waals surface area contributed by atoms with Crippen LogP contribution in [0.3, 0.4) is 0 Å². The highest BCUT2D eigenvalue weighted by Gasteiger charge is 2.22. The lowest BCUT2D eigenvalue weighted by molar-refractivity contribution is 0.540. The maximum atomic E-state index is 13.4. The number of fused-ring (bicyclic) bond motifs is 1. The zero-order chi connectivity index (χ0) is 11.1. The molecule has 2 N–H and O–H groups in total. The SMILES string of the molecule is CC1(C)CCNc2cc(Br)c(F)cc2N1. The van der Waals surface area contributed by atoms with Gasteiger partial charge < -0.3 is 10.6 Å². The average Bonchev–Trinajstić information content (AvgIpc) is 2.24. The highest BCUT2D eigenvalue weighted by atomic mass is 79.9. The van der Waals surface area contributed by atoms with Crippen LogP contribution < -0.4 is 10.6 Å². The minimum Gasteiger partial charge on any atom is -0.383 e. The number of nitrogens with one attached hydrogen (secondary N) is 2. The van der Waals surface area contributed by atoms with E-state index < -0.39 is 0 Å². The maximum absolute atomic E-state index is 13.4. The van der Waals surface area contributed by atoms with Gasteiger partial charge in [-0.3, -0.25) is 0 Å². The first-order chi connectivity index (χ1) is 6.98. The summed E-state index contributed by atoms with van der Waals surface area (Å²) in [6, 6.07) is 3.30. The molecule has 2 nitrogen and oxygen atoms in total. The van der Waals surface area contributed by atoms with Crippen molar-refractivity contribution in [1.29, 1.82) is 0 Å². The summed E-state index contributed by atoms with van der Waals surface area (Å²) in [5.74, 6) is -0.235. The van der Waals surface area contributed by atoms with Crippen molar-refractivity contribution in [3.05, 3.63) is 22.4 Å². The Morgan fingerprint density at radius 1 is 1.33 bits per heavy atom. The summed E-state index contributed by atoms with van der Waals surface area (Å²) in [5, 5.41) is 6.63. The average molecular weight is 273 g/mol. The van der Waals surface area contributed by atoms with E-state index in [4.69, 9.17) is 0 Å². The number of halogens is 2. The van der Waals surface area contributed by atoms with E-state index in [1.165, 1.54) is 6.07 Å². The van der Waals surface area contributed by atoms with Gasteiger partial charge in [0.2, 0.25) is 0 Å². The molecule has 1 aliphatic heterocycles. The molecule has 0 aliphatic carbocycles. The van der Waals surface area contributed by atoms with Gasteiger partial charge in [-0.25, -0.2) is 4.39 Å². The fraction of sp³-hybridized carbons (Fsp3) is 0.455. The van der Waals surface area contributed by atoms with E-state index in [0.29, 0.717) is 4.47 Å². The second-order valence-corrected chi connectivity index (χ2v) is 5.35. The molecule has 1 aromatic carbocycles. The second-order valence-electron chi connectivity index (χ2n) is 4.50. The van der Waals surface area contributed by atoms with E-state index >= 15 is 0 Å². The highest BCUT2D eigenvalue weighted by molar-refractivity contribution is 9.10. The molecule has 0 fully saturated rings. The third-order valence-corrected chi connectivity index (χ3v) is 3.21. The van der Waals surface area contributed by atoms with Crippen LogP contribution >= 0.6 is 15.9 Å². The largest absolute Gasteiger partial charge is 0.383 e. The van der Waals surface area contributed by atoms with Gasteiger partial charge in [0.25, 0.3) is 0 Å². The zero-order valence-corrected chi connectivity index (χ0v) is 10.4. The molecule has 1 aromatic rings. The molecule has 0 spiro atoms. The Balaban J connectivity index is 2.43. The molecule has 0 radical (unpaired) electrons. The molecule has 0 saturated carbocycles. The van der Waals surface area contributed by atoms with Crippen LogP contribution in [-0.2, 0) is 0 Å². The van der Waals surface area contributed by atoms with Crippen molar-refractivity contribution in [2.75, 3.05) is 17.2 Å². The van der Waals surface area contributed by atoms with Crippen LogP contribution in [0.5, 0.6) is 0 Å². The Bertz CT molecular complexity index is 390. The van der Waals surface area contributed by atoms with Gasteiger partial charge in [-0.2, -0.15) is 0 Å². The molecule has 0 amide bonds. The van der Waals surface area contributed by atoms with Gasteiger partial charge in [-0.05, 0) is 42.3 Å². The van der Waals surface area contributed by atoms with Crippen LogP contribution in [0, 0.1) is 5.82 Å². The van der Waals surface area contributed by atoms with Gasteiger partial charge in [0.15, 0.2) is 0 Å². The highest BCUT2D eigenvalue weighted by Crippen LogP contribution is 2.33. The molecule has 2 rings (SSSR count). The minimum atomic E-state index is -0.235. The van der Waals surface area contributed by atoms with E-state index in [9.17, 15) is 4.39 Å². The molecular weight excluding hydrogens is 259 g/mol. The van der Waals surface area contributed by atoms with Crippen molar-refractivity contribution in [3.8, 4) is 0 Å². The Morgan fingerprint density at radius 2 is 2.07 bits per heavy atom. The van der Waals surface area contributed by atoms with Crippen molar-refractivity contribution in [2.24, 2.45) is 0 Å². The first kappa shape index (κ1) is 10.7. The molecule has 1 heterocycles. The monoisotopic (exact) mass is 272 g/mol. The Hall–Kier alpha value is -0.770. The van der Waals surface area contributed by atoms with Crippen molar-refractivity contribution >= 4 is 27.3 Å². The van der Waals surface area contributed by atoms with E-state index in [1.807, 2.05) is 0 Å². The lowest BCUT2D eigenvalue weighted by Crippen LogP contribution is -2.30. The molecule has 15 heavy (non-hydrogen) atoms. The van der Waals surface area contributed by atoms with E-state index in [2.05, 4.69) is 40.4 Å². The topological polar surface area (TPSA) is 24.1 Å². The number of hydrogen-bond acceptors (Lipinski definition) is 2. The number of benzene rings is 1. The van der Waals surface area contributed by atoms with Crippen LogP contribution in [0.15, 0.2) is 16.6 Å². The van der Waals surface area contributed by atoms with Crippen molar-refractivity contribution in [2.45, 2.75) is 25.8 Å². The fourth-order valence-corrected chi connectivity index (χ4v) is 2.08. The van der Waals surface area contributed by atoms with Gasteiger partial charge in [0.1, 0.15) is 5.82 Å². The number of rotatable bonds is 0. The standard InChI is InChI=1S/C11H14BrFN2/c1-11(2)3-4-14-9-5-7(12)8(13)6-10(9)15-11/h5-6,14-15H,3-4H2,1-2H3. The van der Waals surface area contributed by atoms with Crippen molar-refractivity contribution in [1.82, 2.24) is 0 Å². The summed E-state index contributed by atoms with van der Waals surface area (Å²) < 4.78 is 13.9. The lowest BCUT2D eigenvalue weighted by Gasteiger charge is -2.25. The molecule has 0 saturated heterocycles. The number of hydrogen-bond donors (Lipinski definition) is 2. The van der Waals surface area contributed by atoms with Crippen molar-refractivity contribution < 1.29 is 4.39 Å². The summed E-state index contributed by atoms with van der Waals surface area (Å²) >= 11 is 3.19. The minimum absolute atomic E-state index is 0.00147. The van der Waals surface area contributed by atoms with Gasteiger partial charge in [-0.1, -0.05) is 0 Å². The molecule has 82 valence electrons. The smallest absolute Gasteiger partial charge is 0.139 e. The molecular formula is C11H14BrFN2. The normalized spacial score (nSPS) is 18.4. The Morgan fingerprint density at radius 3 is 2.80 bits per heavy atom. The van der Waals surface area contributed by atoms with E-state index in [0.717, 1.165) is 24.3 Å². The van der Waals surface area contributed by atoms with Crippen LogP contribution in [0.1, 0.15) is 20.3 Å². The van der Waals surface area contributed by atoms with Crippen molar-refractivity contribution in [3.63, 3.8) is 0 Å². The lowest BCUT2D eigenvalue weighted by atomic mass is 10.0. The molecule has 0 unspecified atom stereocenters. The first-order valence-corrected chi connectivity index (χ1v) is 5.78. The second kappa shape index (κ2) is 3.67. The Kier molecular flexibility index (Phi) is 2.63. The zero-order valence-electron chi connectivity index (χ0n) is 8.82. The summed E-state index contributed by atoms with van der Waals surface area (Å²) in [5.41, 5.74) is 1.78. The maximum Gasteiger partial charge on any atom is 0.139 e. The van der Waals surface area contributed by atoms with Crippen LogP contribution in [0.2, 0.25) is 0 Å². The van der Waals surface area contributed by atoms with Gasteiger partial charge in [0, 0.05) is 18.2 Å². The summed E-state index contributed by atoms with van der Waals surface area (Å²) in [6.07, 6.45) is 1.00. The quantitative estimate of drug-likeness (QED) is 0.754. The van der Waals surface area contributed by atoms with E-state index in [1.54, 1.807) is 6.07 Å². The van der Waals surface area contributed by atoms with Crippen LogP contribution in [0.25, 0.3) is 0 Å². The molecule has 0 bridgehead atoms. The third-order valence-electron chi connectivity index (χ3n) is 2.60. The van der Waals surface area contributed by atoms with Crippen LogP contribution in [0.4, 0.5) is 15.8 Å². The van der Waals surface area contributed by atoms with Gasteiger partial charge >= 0.3 is 0 Å². The van der Waals surface area contributed by atoms with E-state index in [-0.39, 0.29) is 11.4 Å².